The Balaban J connectivity index is 0.00000361. The summed E-state index contributed by atoms with van der Waals surface area (Å²) in [6.07, 6.45) is 9.42. The molecule has 4 rings (SSSR count). The monoisotopic (exact) mass is 540 g/mol. The van der Waals surface area contributed by atoms with Crippen LogP contribution in [0.4, 0.5) is 0 Å². The fourth-order valence-electron chi connectivity index (χ4n) is 8.85. The Bertz CT molecular complexity index is 840. The van der Waals surface area contributed by atoms with Gasteiger partial charge in [0.05, 0.1) is 0 Å². The van der Waals surface area contributed by atoms with Crippen LogP contribution in [0.15, 0.2) is 0 Å². The summed E-state index contributed by atoms with van der Waals surface area (Å²) in [7, 11) is 6.18. The van der Waals surface area contributed by atoms with Crippen molar-refractivity contribution in [1.82, 2.24) is 20.0 Å². The first kappa shape index (κ1) is 29.6. The molecular formula is C28H49ClN4O2S. The summed E-state index contributed by atoms with van der Waals surface area (Å²) in [5.74, 6) is 2.59. The largest absolute Gasteiger partial charge is 0.362 e. The Kier molecular flexibility index (Phi) is 9.42. The average molecular weight is 541 g/mol. The lowest BCUT2D eigenvalue weighted by Gasteiger charge is -2.61. The molecule has 6 nitrogen and oxygen atoms in total. The van der Waals surface area contributed by atoms with Crippen LogP contribution in [0, 0.1) is 34.5 Å². The van der Waals surface area contributed by atoms with Crippen LogP contribution in [0.1, 0.15) is 78.6 Å². The van der Waals surface area contributed by atoms with E-state index in [-0.39, 0.29) is 35.1 Å². The van der Waals surface area contributed by atoms with E-state index in [4.69, 9.17) is 12.2 Å². The van der Waals surface area contributed by atoms with Crippen molar-refractivity contribution in [3.63, 3.8) is 0 Å². The third-order valence-corrected chi connectivity index (χ3v) is 11.0. The van der Waals surface area contributed by atoms with E-state index in [9.17, 15) is 9.59 Å². The first-order chi connectivity index (χ1) is 16.5. The second-order valence-electron chi connectivity index (χ2n) is 12.6. The highest BCUT2D eigenvalue weighted by Gasteiger charge is 2.62. The van der Waals surface area contributed by atoms with E-state index in [2.05, 4.69) is 43.1 Å². The van der Waals surface area contributed by atoms with Crippen molar-refractivity contribution in [2.24, 2.45) is 34.5 Å². The minimum absolute atomic E-state index is 0. The Morgan fingerprint density at radius 1 is 1.06 bits per heavy atom. The van der Waals surface area contributed by atoms with Crippen molar-refractivity contribution in [1.29, 1.82) is 0 Å². The predicted molar refractivity (Wildman–Crippen MR) is 152 cm³/mol. The van der Waals surface area contributed by atoms with Gasteiger partial charge < -0.3 is 15.1 Å². The number of nitrogens with one attached hydrogen (secondary N) is 1. The van der Waals surface area contributed by atoms with Crippen LogP contribution in [-0.4, -0.2) is 78.4 Å². The van der Waals surface area contributed by atoms with Crippen LogP contribution in [0.3, 0.4) is 0 Å². The second kappa shape index (κ2) is 11.4. The predicted octanol–water partition coefficient (Wildman–Crippen LogP) is 4.56. The molecule has 1 N–H and O–H groups in total. The van der Waals surface area contributed by atoms with E-state index in [1.165, 1.54) is 12.8 Å². The van der Waals surface area contributed by atoms with Gasteiger partial charge in [0, 0.05) is 38.5 Å². The van der Waals surface area contributed by atoms with Gasteiger partial charge in [0.1, 0.15) is 0 Å². The molecule has 0 bridgehead atoms. The molecule has 0 spiro atoms. The highest BCUT2D eigenvalue weighted by molar-refractivity contribution is 7.80. The van der Waals surface area contributed by atoms with E-state index in [0.29, 0.717) is 47.8 Å². The van der Waals surface area contributed by atoms with Gasteiger partial charge in [0.15, 0.2) is 5.11 Å². The molecule has 7 atom stereocenters. The zero-order valence-electron chi connectivity index (χ0n) is 23.3. The fraction of sp³-hybridized carbons (Fsp3) is 0.893. The van der Waals surface area contributed by atoms with E-state index in [1.54, 1.807) is 0 Å². The molecule has 1 saturated heterocycles. The van der Waals surface area contributed by atoms with Crippen LogP contribution in [0.5, 0.6) is 0 Å². The van der Waals surface area contributed by atoms with Crippen LogP contribution in [0.2, 0.25) is 0 Å². The number of rotatable bonds is 6. The average Bonchev–Trinajstić information content (AvgIpc) is 3.16. The topological polar surface area (TPSA) is 55.9 Å². The molecule has 206 valence electrons. The summed E-state index contributed by atoms with van der Waals surface area (Å²) in [5.41, 5.74) is 0.277. The van der Waals surface area contributed by atoms with Gasteiger partial charge in [-0.1, -0.05) is 13.8 Å². The number of piperidine rings is 1. The van der Waals surface area contributed by atoms with E-state index >= 15 is 0 Å². The summed E-state index contributed by atoms with van der Waals surface area (Å²) in [6, 6.07) is 0.387. The van der Waals surface area contributed by atoms with Gasteiger partial charge in [-0.3, -0.25) is 14.5 Å². The molecule has 3 aliphatic carbocycles. The summed E-state index contributed by atoms with van der Waals surface area (Å²) >= 11 is 5.69. The number of halogens is 1. The SMILES string of the molecule is CCNC(=S)N(CCCN(C)C)C(=O)C1CC[C@H]2[C@@H]3CCC4N(C)C(=O)CC[C@]4(C)[C@@H]3CC[C@]12C.Cl. The first-order valence-corrected chi connectivity index (χ1v) is 14.4. The number of hydrogen-bond donors (Lipinski definition) is 1. The zero-order chi connectivity index (χ0) is 25.5. The Morgan fingerprint density at radius 2 is 1.75 bits per heavy atom. The van der Waals surface area contributed by atoms with Crippen molar-refractivity contribution in [3.05, 3.63) is 0 Å². The zero-order valence-corrected chi connectivity index (χ0v) is 25.0. The van der Waals surface area contributed by atoms with Crippen LogP contribution in [0.25, 0.3) is 0 Å². The van der Waals surface area contributed by atoms with Crippen LogP contribution >= 0.6 is 24.6 Å². The standard InChI is InChI=1S/C28H48N4O2S.ClH/c1-7-29-26(35)32(18-8-17-30(4)5)25(34)22-11-10-20-19-9-12-23-28(3,16-14-24(33)31(23)6)21(19)13-15-27(20,22)2;/h19-23H,7-18H2,1-6H3,(H,29,35);1H/t19-,20-,21+,22?,23?,27-,28+;/m0./s1. The lowest BCUT2D eigenvalue weighted by molar-refractivity contribution is -0.160. The number of amides is 2. The third-order valence-electron chi connectivity index (χ3n) is 10.7. The van der Waals surface area contributed by atoms with Gasteiger partial charge in [-0.25, -0.2) is 0 Å². The molecule has 4 aliphatic rings. The van der Waals surface area contributed by atoms with Crippen molar-refractivity contribution in [3.8, 4) is 0 Å². The molecule has 36 heavy (non-hydrogen) atoms. The number of carbonyl (C=O) groups excluding carboxylic acids is 2. The van der Waals surface area contributed by atoms with Gasteiger partial charge >= 0.3 is 0 Å². The molecule has 2 amide bonds. The van der Waals surface area contributed by atoms with Crippen molar-refractivity contribution in [2.45, 2.75) is 84.6 Å². The van der Waals surface area contributed by atoms with Crippen LogP contribution < -0.4 is 5.32 Å². The molecule has 0 aromatic heterocycles. The van der Waals surface area contributed by atoms with Gasteiger partial charge in [-0.2, -0.15) is 0 Å². The Hall–Kier alpha value is -0.920. The Morgan fingerprint density at radius 3 is 2.42 bits per heavy atom. The fourth-order valence-corrected chi connectivity index (χ4v) is 9.17. The normalized spacial score (nSPS) is 37.5. The van der Waals surface area contributed by atoms with E-state index in [1.807, 2.05) is 18.9 Å². The molecule has 8 heteroatoms. The van der Waals surface area contributed by atoms with Gasteiger partial charge in [-0.15, -0.1) is 12.4 Å². The molecule has 2 unspecified atom stereocenters. The number of hydrogen-bond acceptors (Lipinski definition) is 4. The number of carbonyl (C=O) groups is 2. The summed E-state index contributed by atoms with van der Waals surface area (Å²) in [6.45, 7) is 9.30. The maximum Gasteiger partial charge on any atom is 0.232 e. The van der Waals surface area contributed by atoms with E-state index in [0.717, 1.165) is 51.6 Å². The molecule has 0 radical (unpaired) electrons. The molecule has 0 aromatic rings. The maximum atomic E-state index is 14.1. The molecule has 3 saturated carbocycles. The van der Waals surface area contributed by atoms with Crippen molar-refractivity contribution < 1.29 is 9.59 Å². The summed E-state index contributed by atoms with van der Waals surface area (Å²) in [4.78, 5) is 32.6. The number of likely N-dealkylation sites (tertiary alicyclic amines) is 1. The van der Waals surface area contributed by atoms with Crippen molar-refractivity contribution in [2.75, 3.05) is 40.8 Å². The van der Waals surface area contributed by atoms with Crippen molar-refractivity contribution >= 4 is 41.6 Å². The highest BCUT2D eigenvalue weighted by Crippen LogP contribution is 2.66. The molecule has 1 heterocycles. The molecule has 1 aliphatic heterocycles. The van der Waals surface area contributed by atoms with E-state index < -0.39 is 0 Å². The summed E-state index contributed by atoms with van der Waals surface area (Å²) < 4.78 is 0. The highest BCUT2D eigenvalue weighted by atomic mass is 35.5. The first-order valence-electron chi connectivity index (χ1n) is 14.0. The van der Waals surface area contributed by atoms with Crippen LogP contribution in [-0.2, 0) is 9.59 Å². The number of fused-ring (bicyclic) bond motifs is 5. The number of nitrogens with zero attached hydrogens (tertiary/aromatic N) is 3. The minimum Gasteiger partial charge on any atom is -0.362 e. The molecular weight excluding hydrogens is 492 g/mol. The number of thiocarbonyl (C=S) groups is 1. The maximum absolute atomic E-state index is 14.1. The summed E-state index contributed by atoms with van der Waals surface area (Å²) in [5, 5.41) is 3.85. The van der Waals surface area contributed by atoms with Gasteiger partial charge in [0.25, 0.3) is 0 Å². The minimum atomic E-state index is 0. The Labute approximate surface area is 230 Å². The smallest absolute Gasteiger partial charge is 0.232 e. The van der Waals surface area contributed by atoms with Gasteiger partial charge in [0.2, 0.25) is 11.8 Å². The lowest BCUT2D eigenvalue weighted by Crippen LogP contribution is -2.61. The van der Waals surface area contributed by atoms with Gasteiger partial charge in [-0.05, 0) is 120 Å². The molecule has 4 fully saturated rings. The third kappa shape index (κ3) is 5.05. The lowest BCUT2D eigenvalue weighted by atomic mass is 9.47. The second-order valence-corrected chi connectivity index (χ2v) is 13.0. The molecule has 0 aromatic carbocycles. The quantitative estimate of drug-likeness (QED) is 0.500.